The number of aryl methyl sites for hydroxylation is 1. The third-order valence-electron chi connectivity index (χ3n) is 5.04. The van der Waals surface area contributed by atoms with Crippen LogP contribution in [-0.2, 0) is 6.42 Å². The summed E-state index contributed by atoms with van der Waals surface area (Å²) in [5, 5.41) is 9.30. The number of pyridine rings is 1. The Balaban J connectivity index is 2.31. The molecular weight excluding hydrogens is 370 g/mol. The lowest BCUT2D eigenvalue weighted by Gasteiger charge is -2.12. The molecule has 1 heterocycles. The zero-order valence-electron chi connectivity index (χ0n) is 18.7. The summed E-state index contributed by atoms with van der Waals surface area (Å²) in [5.74, 6) is 1.46. The van der Waals surface area contributed by atoms with E-state index in [1.54, 1.807) is 12.1 Å². The first-order chi connectivity index (χ1) is 14.4. The molecule has 4 nitrogen and oxygen atoms in total. The molecule has 1 unspecified atom stereocenters. The molecule has 0 saturated carbocycles. The van der Waals surface area contributed by atoms with Gasteiger partial charge in [-0.25, -0.2) is 0 Å². The predicted molar refractivity (Wildman–Crippen MR) is 124 cm³/mol. The normalized spacial score (nSPS) is 12.9. The van der Waals surface area contributed by atoms with Crippen molar-refractivity contribution in [1.29, 1.82) is 5.26 Å². The Bertz CT molecular complexity index is 978. The second-order valence-corrected chi connectivity index (χ2v) is 7.54. The van der Waals surface area contributed by atoms with Crippen molar-refractivity contribution in [2.45, 2.75) is 53.9 Å². The summed E-state index contributed by atoms with van der Waals surface area (Å²) in [6.07, 6.45) is 6.84. The van der Waals surface area contributed by atoms with Crippen molar-refractivity contribution in [3.63, 3.8) is 0 Å². The van der Waals surface area contributed by atoms with Gasteiger partial charge in [-0.05, 0) is 62.4 Å². The minimum atomic E-state index is 0.434. The van der Waals surface area contributed by atoms with Crippen LogP contribution in [0, 0.1) is 17.2 Å². The molecule has 0 aliphatic carbocycles. The quantitative estimate of drug-likeness (QED) is 0.261. The fourth-order valence-corrected chi connectivity index (χ4v) is 3.03. The Kier molecular flexibility index (Phi) is 8.55. The van der Waals surface area contributed by atoms with Crippen LogP contribution in [0.1, 0.15) is 58.6 Å². The van der Waals surface area contributed by atoms with Gasteiger partial charge in [0.1, 0.15) is 11.5 Å². The van der Waals surface area contributed by atoms with Gasteiger partial charge in [-0.3, -0.25) is 9.98 Å². The molecule has 1 aromatic heterocycles. The Labute approximate surface area is 180 Å². The summed E-state index contributed by atoms with van der Waals surface area (Å²) < 4.78 is 6.03. The second-order valence-electron chi connectivity index (χ2n) is 7.54. The van der Waals surface area contributed by atoms with E-state index in [9.17, 15) is 5.26 Å². The lowest BCUT2D eigenvalue weighted by molar-refractivity contribution is 0.447. The Morgan fingerprint density at radius 1 is 1.27 bits per heavy atom. The van der Waals surface area contributed by atoms with E-state index < -0.39 is 0 Å². The molecule has 0 N–H and O–H groups in total. The number of ether oxygens (including phenoxy) is 1. The molecule has 1 aromatic carbocycles. The topological polar surface area (TPSA) is 58.3 Å². The Morgan fingerprint density at radius 3 is 2.63 bits per heavy atom. The van der Waals surface area contributed by atoms with Crippen molar-refractivity contribution in [2.24, 2.45) is 10.9 Å². The van der Waals surface area contributed by atoms with Crippen LogP contribution in [0.4, 0.5) is 0 Å². The zero-order valence-corrected chi connectivity index (χ0v) is 18.7. The first kappa shape index (κ1) is 23.1. The van der Waals surface area contributed by atoms with Crippen LogP contribution in [-0.4, -0.2) is 10.7 Å². The average molecular weight is 402 g/mol. The van der Waals surface area contributed by atoms with Gasteiger partial charge in [0.2, 0.25) is 0 Å². The number of aliphatic imine (C=N–C) groups is 1. The summed E-state index contributed by atoms with van der Waals surface area (Å²) in [4.78, 5) is 9.23. The Hall–Kier alpha value is -3.19. The number of benzene rings is 1. The molecule has 0 fully saturated rings. The van der Waals surface area contributed by atoms with E-state index >= 15 is 0 Å². The number of nitrogens with zero attached hydrogens (tertiary/aromatic N) is 3. The van der Waals surface area contributed by atoms with Crippen molar-refractivity contribution < 1.29 is 4.74 Å². The molecule has 1 atom stereocenters. The highest BCUT2D eigenvalue weighted by Gasteiger charge is 2.11. The number of hydrogen-bond donors (Lipinski definition) is 0. The van der Waals surface area contributed by atoms with Crippen LogP contribution in [0.15, 0.2) is 65.6 Å². The van der Waals surface area contributed by atoms with E-state index in [0.717, 1.165) is 41.9 Å². The fourth-order valence-electron chi connectivity index (χ4n) is 3.03. The maximum atomic E-state index is 9.30. The predicted octanol–water partition coefficient (Wildman–Crippen LogP) is 6.88. The van der Waals surface area contributed by atoms with E-state index in [-0.39, 0.29) is 0 Å². The summed E-state index contributed by atoms with van der Waals surface area (Å²) in [6.45, 7) is 14.5. The molecule has 156 valence electrons. The lowest BCUT2D eigenvalue weighted by atomic mass is 10.0. The van der Waals surface area contributed by atoms with Crippen molar-refractivity contribution >= 4 is 5.71 Å². The van der Waals surface area contributed by atoms with Gasteiger partial charge < -0.3 is 4.74 Å². The monoisotopic (exact) mass is 401 g/mol. The van der Waals surface area contributed by atoms with Gasteiger partial charge in [-0.15, -0.1) is 0 Å². The van der Waals surface area contributed by atoms with E-state index in [4.69, 9.17) is 4.74 Å². The van der Waals surface area contributed by atoms with Crippen LogP contribution in [0.25, 0.3) is 11.3 Å². The largest absolute Gasteiger partial charge is 0.457 e. The van der Waals surface area contributed by atoms with E-state index in [0.29, 0.717) is 23.0 Å². The maximum absolute atomic E-state index is 9.30. The zero-order chi connectivity index (χ0) is 22.1. The van der Waals surface area contributed by atoms with Gasteiger partial charge in [0, 0.05) is 29.2 Å². The highest BCUT2D eigenvalue weighted by molar-refractivity contribution is 5.84. The molecule has 0 aliphatic rings. The Morgan fingerprint density at radius 2 is 2.03 bits per heavy atom. The van der Waals surface area contributed by atoms with Gasteiger partial charge in [0.15, 0.2) is 0 Å². The second kappa shape index (κ2) is 11.1. The van der Waals surface area contributed by atoms with Crippen molar-refractivity contribution in [1.82, 2.24) is 4.98 Å². The molecule has 30 heavy (non-hydrogen) atoms. The van der Waals surface area contributed by atoms with E-state index in [1.807, 2.05) is 38.3 Å². The van der Waals surface area contributed by atoms with E-state index in [1.165, 1.54) is 5.56 Å². The van der Waals surface area contributed by atoms with Crippen LogP contribution in [0.3, 0.4) is 0 Å². The maximum Gasteiger partial charge on any atom is 0.138 e. The third-order valence-corrected chi connectivity index (χ3v) is 5.04. The smallest absolute Gasteiger partial charge is 0.138 e. The number of nitriles is 1. The molecule has 0 aliphatic heterocycles. The van der Waals surface area contributed by atoms with E-state index in [2.05, 4.69) is 49.5 Å². The third kappa shape index (κ3) is 6.42. The lowest BCUT2D eigenvalue weighted by Crippen LogP contribution is -2.05. The summed E-state index contributed by atoms with van der Waals surface area (Å²) in [5.41, 5.74) is 5.27. The van der Waals surface area contributed by atoms with Crippen LogP contribution in [0.5, 0.6) is 5.75 Å². The van der Waals surface area contributed by atoms with Gasteiger partial charge in [-0.1, -0.05) is 39.8 Å². The van der Waals surface area contributed by atoms with Gasteiger partial charge in [0.25, 0.3) is 0 Å². The van der Waals surface area contributed by atoms with Gasteiger partial charge >= 0.3 is 0 Å². The average Bonchev–Trinajstić information content (AvgIpc) is 2.73. The summed E-state index contributed by atoms with van der Waals surface area (Å²) in [7, 11) is 0. The molecule has 0 bridgehead atoms. The number of allylic oxidation sites excluding steroid dienone is 2. The number of hydrogen-bond acceptors (Lipinski definition) is 4. The number of rotatable bonds is 9. The first-order valence-corrected chi connectivity index (χ1v) is 10.5. The molecule has 0 amide bonds. The minimum Gasteiger partial charge on any atom is -0.457 e. The summed E-state index contributed by atoms with van der Waals surface area (Å²) in [6, 6.07) is 11.6. The number of aromatic nitrogens is 1. The molecular formula is C26H31N3O. The van der Waals surface area contributed by atoms with Crippen LogP contribution in [0.2, 0.25) is 0 Å². The molecule has 4 heteroatoms. The highest BCUT2D eigenvalue weighted by atomic mass is 16.5. The van der Waals surface area contributed by atoms with Crippen LogP contribution >= 0.6 is 0 Å². The van der Waals surface area contributed by atoms with Crippen LogP contribution < -0.4 is 4.74 Å². The van der Waals surface area contributed by atoms with Gasteiger partial charge in [-0.2, -0.15) is 5.26 Å². The van der Waals surface area contributed by atoms with Crippen molar-refractivity contribution in [3.8, 4) is 23.1 Å². The standard InChI is InChI=1S/C26H31N3O/c1-7-9-22-11-13-25(28-17-22)24-12-10-23(16-27)15-26(24)30-20(5)14-19(4)29-21(6)18(3)8-2/h10-15,17-18H,5,7-9H2,1-4,6H3/b19-14-,29-21?. The molecule has 2 aromatic rings. The van der Waals surface area contributed by atoms with Crippen molar-refractivity contribution in [2.75, 3.05) is 0 Å². The van der Waals surface area contributed by atoms with Gasteiger partial charge in [0.05, 0.1) is 17.3 Å². The minimum absolute atomic E-state index is 0.434. The first-order valence-electron chi connectivity index (χ1n) is 10.5. The fraction of sp³-hybridized carbons (Fsp3) is 0.346. The SMILES string of the molecule is C=C(/C=C(/C)N=C(C)C(C)CC)Oc1cc(C#N)ccc1-c1ccc(CCC)cn1. The summed E-state index contributed by atoms with van der Waals surface area (Å²) >= 11 is 0. The molecule has 2 rings (SSSR count). The van der Waals surface area contributed by atoms with Crippen molar-refractivity contribution in [3.05, 3.63) is 71.8 Å². The highest BCUT2D eigenvalue weighted by Crippen LogP contribution is 2.31. The molecule has 0 saturated heterocycles. The molecule has 0 radical (unpaired) electrons. The molecule has 0 spiro atoms.